The van der Waals surface area contributed by atoms with Gasteiger partial charge >= 0.3 is 5.97 Å². The number of hydrogen-bond acceptors (Lipinski definition) is 6. The van der Waals surface area contributed by atoms with Gasteiger partial charge in [-0.2, -0.15) is 5.10 Å². The Morgan fingerprint density at radius 2 is 1.73 bits per heavy atom. The molecule has 33 heavy (non-hydrogen) atoms. The number of carbonyl (C=O) groups excluding carboxylic acids is 2. The molecule has 0 fully saturated rings. The molecule has 0 aliphatic carbocycles. The third kappa shape index (κ3) is 6.04. The summed E-state index contributed by atoms with van der Waals surface area (Å²) >= 11 is 6.45. The second-order valence-electron chi connectivity index (χ2n) is 6.97. The average molecular weight is 472 g/mol. The zero-order chi connectivity index (χ0) is 23.8. The van der Waals surface area contributed by atoms with Crippen LogP contribution in [0.3, 0.4) is 0 Å². The normalized spacial score (nSPS) is 10.5. The van der Waals surface area contributed by atoms with Crippen LogP contribution in [0.15, 0.2) is 48.5 Å². The van der Waals surface area contributed by atoms with E-state index < -0.39 is 11.9 Å². The Balaban J connectivity index is 1.57. The van der Waals surface area contributed by atoms with E-state index in [2.05, 4.69) is 10.4 Å². The fourth-order valence-corrected chi connectivity index (χ4v) is 3.41. The molecule has 3 aromatic rings. The number of rotatable bonds is 10. The molecule has 174 valence electrons. The highest BCUT2D eigenvalue weighted by Crippen LogP contribution is 2.28. The highest BCUT2D eigenvalue weighted by molar-refractivity contribution is 6.30. The van der Waals surface area contributed by atoms with Gasteiger partial charge in [-0.3, -0.25) is 9.59 Å². The highest BCUT2D eigenvalue weighted by Gasteiger charge is 2.17. The maximum Gasteiger partial charge on any atom is 0.325 e. The fourth-order valence-electron chi connectivity index (χ4n) is 3.09. The summed E-state index contributed by atoms with van der Waals surface area (Å²) in [5.41, 5.74) is 2.40. The van der Waals surface area contributed by atoms with Crippen molar-refractivity contribution in [3.05, 3.63) is 70.5 Å². The van der Waals surface area contributed by atoms with E-state index in [1.165, 1.54) is 0 Å². The van der Waals surface area contributed by atoms with Gasteiger partial charge < -0.3 is 19.5 Å². The number of esters is 1. The van der Waals surface area contributed by atoms with E-state index in [-0.39, 0.29) is 13.2 Å². The monoisotopic (exact) mass is 471 g/mol. The molecule has 0 radical (unpaired) electrons. The fraction of sp³-hybridized carbons (Fsp3) is 0.292. The Morgan fingerprint density at radius 3 is 2.42 bits per heavy atom. The van der Waals surface area contributed by atoms with Crippen molar-refractivity contribution < 1.29 is 23.8 Å². The Hall–Kier alpha value is -3.52. The lowest BCUT2D eigenvalue weighted by Crippen LogP contribution is -2.30. The molecular weight excluding hydrogens is 446 g/mol. The second kappa shape index (κ2) is 11.4. The van der Waals surface area contributed by atoms with Crippen LogP contribution in [0.2, 0.25) is 5.15 Å². The number of aromatic nitrogens is 2. The molecule has 0 saturated heterocycles. The first-order valence-corrected chi connectivity index (χ1v) is 10.9. The van der Waals surface area contributed by atoms with Gasteiger partial charge in [0.15, 0.2) is 11.5 Å². The summed E-state index contributed by atoms with van der Waals surface area (Å²) in [6.45, 7) is 6.06. The number of hydrogen-bond donors (Lipinski definition) is 1. The van der Waals surface area contributed by atoms with E-state index >= 15 is 0 Å². The van der Waals surface area contributed by atoms with E-state index in [9.17, 15) is 9.59 Å². The van der Waals surface area contributed by atoms with E-state index in [1.54, 1.807) is 29.8 Å². The van der Waals surface area contributed by atoms with E-state index in [0.717, 1.165) is 5.69 Å². The van der Waals surface area contributed by atoms with Gasteiger partial charge in [0, 0.05) is 11.1 Å². The topological polar surface area (TPSA) is 91.7 Å². The molecule has 0 bridgehead atoms. The predicted octanol–water partition coefficient (Wildman–Crippen LogP) is 4.10. The summed E-state index contributed by atoms with van der Waals surface area (Å²) in [5.74, 6) is -0.00182. The first kappa shape index (κ1) is 24.1. The number of carbonyl (C=O) groups is 2. The van der Waals surface area contributed by atoms with Gasteiger partial charge in [0.05, 0.1) is 24.6 Å². The summed E-state index contributed by atoms with van der Waals surface area (Å²) in [7, 11) is 0. The molecule has 0 aliphatic heterocycles. The van der Waals surface area contributed by atoms with Crippen molar-refractivity contribution >= 4 is 23.5 Å². The maximum absolute atomic E-state index is 12.5. The van der Waals surface area contributed by atoms with Gasteiger partial charge in [-0.1, -0.05) is 29.8 Å². The lowest BCUT2D eigenvalue weighted by molar-refractivity contribution is -0.143. The molecule has 8 nitrogen and oxygen atoms in total. The van der Waals surface area contributed by atoms with E-state index in [1.807, 2.05) is 44.2 Å². The lowest BCUT2D eigenvalue weighted by atomic mass is 10.2. The van der Waals surface area contributed by atoms with Crippen LogP contribution in [-0.4, -0.2) is 41.4 Å². The second-order valence-corrected chi connectivity index (χ2v) is 7.33. The molecule has 9 heteroatoms. The molecule has 0 aliphatic rings. The number of aryl methyl sites for hydroxylation is 1. The standard InChI is InChI=1S/C24H26ClN3O5/c1-4-31-20-12-11-17(13-21(20)32-5-2)24(30)26-14-22(29)33-15-19-16(3)27-28(23(19)25)18-9-7-6-8-10-18/h6-13H,4-5,14-15H2,1-3H3,(H,26,30). The Morgan fingerprint density at radius 1 is 1.03 bits per heavy atom. The van der Waals surface area contributed by atoms with Gasteiger partial charge in [-0.15, -0.1) is 0 Å². The lowest BCUT2D eigenvalue weighted by Gasteiger charge is -2.12. The van der Waals surface area contributed by atoms with Crippen molar-refractivity contribution in [2.45, 2.75) is 27.4 Å². The molecule has 2 aromatic carbocycles. The first-order valence-electron chi connectivity index (χ1n) is 10.6. The number of ether oxygens (including phenoxy) is 3. The average Bonchev–Trinajstić information content (AvgIpc) is 3.11. The molecule has 0 unspecified atom stereocenters. The van der Waals surface area contributed by atoms with Crippen LogP contribution in [-0.2, 0) is 16.1 Å². The molecule has 1 heterocycles. The minimum Gasteiger partial charge on any atom is -0.490 e. The number of nitrogens with zero attached hydrogens (tertiary/aromatic N) is 2. The third-order valence-corrected chi connectivity index (χ3v) is 5.09. The van der Waals surface area contributed by atoms with Crippen LogP contribution in [0.1, 0.15) is 35.5 Å². The molecule has 1 amide bonds. The van der Waals surface area contributed by atoms with Gasteiger partial charge in [-0.05, 0) is 51.1 Å². The van der Waals surface area contributed by atoms with Crippen LogP contribution >= 0.6 is 11.6 Å². The number of nitrogens with one attached hydrogen (secondary N) is 1. The summed E-state index contributed by atoms with van der Waals surface area (Å²) in [5, 5.41) is 7.34. The van der Waals surface area contributed by atoms with Crippen LogP contribution < -0.4 is 14.8 Å². The molecule has 0 spiro atoms. The zero-order valence-electron chi connectivity index (χ0n) is 18.8. The number of para-hydroxylation sites is 1. The van der Waals surface area contributed by atoms with Gasteiger partial charge in [0.2, 0.25) is 0 Å². The number of benzene rings is 2. The van der Waals surface area contributed by atoms with Crippen molar-refractivity contribution in [1.29, 1.82) is 0 Å². The highest BCUT2D eigenvalue weighted by atomic mass is 35.5. The molecule has 1 N–H and O–H groups in total. The zero-order valence-corrected chi connectivity index (χ0v) is 19.5. The minimum absolute atomic E-state index is 0.0518. The van der Waals surface area contributed by atoms with Crippen LogP contribution in [0.5, 0.6) is 11.5 Å². The SMILES string of the molecule is CCOc1ccc(C(=O)NCC(=O)OCc2c(C)nn(-c3ccccc3)c2Cl)cc1OCC. The van der Waals surface area contributed by atoms with Crippen molar-refractivity contribution in [2.75, 3.05) is 19.8 Å². The summed E-state index contributed by atoms with van der Waals surface area (Å²) in [6.07, 6.45) is 0. The van der Waals surface area contributed by atoms with Crippen molar-refractivity contribution in [1.82, 2.24) is 15.1 Å². The summed E-state index contributed by atoms with van der Waals surface area (Å²) in [4.78, 5) is 24.7. The molecule has 3 rings (SSSR count). The van der Waals surface area contributed by atoms with Crippen molar-refractivity contribution in [3.63, 3.8) is 0 Å². The molecular formula is C24H26ClN3O5. The Kier molecular flexibility index (Phi) is 8.32. The minimum atomic E-state index is -0.595. The third-order valence-electron chi connectivity index (χ3n) is 4.70. The van der Waals surface area contributed by atoms with Crippen LogP contribution in [0.25, 0.3) is 5.69 Å². The molecule has 1 aromatic heterocycles. The van der Waals surface area contributed by atoms with Gasteiger partial charge in [0.1, 0.15) is 18.3 Å². The smallest absolute Gasteiger partial charge is 0.325 e. The first-order chi connectivity index (χ1) is 15.9. The number of amides is 1. The number of halogens is 1. The molecule has 0 saturated carbocycles. The summed E-state index contributed by atoms with van der Waals surface area (Å²) < 4.78 is 17.9. The van der Waals surface area contributed by atoms with Crippen molar-refractivity contribution in [3.8, 4) is 17.2 Å². The Labute approximate surface area is 197 Å². The van der Waals surface area contributed by atoms with Crippen LogP contribution in [0, 0.1) is 6.92 Å². The van der Waals surface area contributed by atoms with Gasteiger partial charge in [-0.25, -0.2) is 4.68 Å². The van der Waals surface area contributed by atoms with Crippen molar-refractivity contribution in [2.24, 2.45) is 0 Å². The van der Waals surface area contributed by atoms with Gasteiger partial charge in [0.25, 0.3) is 5.91 Å². The quantitative estimate of drug-likeness (QED) is 0.447. The Bertz CT molecular complexity index is 1110. The maximum atomic E-state index is 12.5. The largest absolute Gasteiger partial charge is 0.490 e. The summed E-state index contributed by atoms with van der Waals surface area (Å²) in [6, 6.07) is 14.3. The van der Waals surface area contributed by atoms with E-state index in [4.69, 9.17) is 25.8 Å². The van der Waals surface area contributed by atoms with E-state index in [0.29, 0.717) is 46.7 Å². The van der Waals surface area contributed by atoms with Crippen LogP contribution in [0.4, 0.5) is 0 Å². The predicted molar refractivity (Wildman–Crippen MR) is 124 cm³/mol. The molecule has 0 atom stereocenters.